The molecule has 3 unspecified atom stereocenters. The summed E-state index contributed by atoms with van der Waals surface area (Å²) in [6.45, 7) is 2.04. The number of hydrogen-bond acceptors (Lipinski definition) is 1. The van der Waals surface area contributed by atoms with Crippen molar-refractivity contribution in [2.45, 2.75) is 19.4 Å². The van der Waals surface area contributed by atoms with Gasteiger partial charge in [0.25, 0.3) is 0 Å². The fourth-order valence-electron chi connectivity index (χ4n) is 1.80. The van der Waals surface area contributed by atoms with E-state index in [-0.39, 0.29) is 11.5 Å². The molecule has 0 spiro atoms. The van der Waals surface area contributed by atoms with E-state index in [1.54, 1.807) is 12.1 Å². The minimum atomic E-state index is -0.751. The van der Waals surface area contributed by atoms with Crippen LogP contribution in [0.15, 0.2) is 18.2 Å². The van der Waals surface area contributed by atoms with E-state index in [0.29, 0.717) is 10.9 Å². The number of halogens is 2. The Kier molecular flexibility index (Phi) is 2.50. The van der Waals surface area contributed by atoms with Gasteiger partial charge < -0.3 is 5.11 Å². The standard InChI is InChI=1S/C11H12ClFO/c1-6-5-7(6)11(14)10-8(12)3-2-4-9(10)13/h2-4,6-7,11,14H,5H2,1H3. The van der Waals surface area contributed by atoms with Crippen molar-refractivity contribution in [2.24, 2.45) is 11.8 Å². The average Bonchev–Trinajstić information content (AvgIpc) is 2.82. The molecule has 14 heavy (non-hydrogen) atoms. The molecule has 0 amide bonds. The summed E-state index contributed by atoms with van der Waals surface area (Å²) in [7, 11) is 0. The van der Waals surface area contributed by atoms with Gasteiger partial charge in [-0.2, -0.15) is 0 Å². The Hall–Kier alpha value is -0.600. The Morgan fingerprint density at radius 3 is 2.71 bits per heavy atom. The molecule has 1 aliphatic carbocycles. The minimum absolute atomic E-state index is 0.171. The first-order valence-corrected chi connectivity index (χ1v) is 5.11. The summed E-state index contributed by atoms with van der Waals surface area (Å²) >= 11 is 5.84. The van der Waals surface area contributed by atoms with E-state index in [4.69, 9.17) is 11.6 Å². The van der Waals surface area contributed by atoms with Gasteiger partial charge in [-0.15, -0.1) is 0 Å². The van der Waals surface area contributed by atoms with Crippen molar-refractivity contribution in [3.63, 3.8) is 0 Å². The Labute approximate surface area is 87.5 Å². The third kappa shape index (κ3) is 1.64. The summed E-state index contributed by atoms with van der Waals surface area (Å²) in [5.41, 5.74) is 0.253. The van der Waals surface area contributed by atoms with Crippen LogP contribution in [0.5, 0.6) is 0 Å². The highest BCUT2D eigenvalue weighted by Gasteiger charge is 2.40. The zero-order valence-corrected chi connectivity index (χ0v) is 8.63. The molecule has 0 aliphatic heterocycles. The smallest absolute Gasteiger partial charge is 0.130 e. The van der Waals surface area contributed by atoms with Crippen molar-refractivity contribution in [2.75, 3.05) is 0 Å². The van der Waals surface area contributed by atoms with Gasteiger partial charge >= 0.3 is 0 Å². The normalized spacial score (nSPS) is 27.4. The average molecular weight is 215 g/mol. The maximum Gasteiger partial charge on any atom is 0.130 e. The largest absolute Gasteiger partial charge is 0.388 e. The maximum atomic E-state index is 13.4. The summed E-state index contributed by atoms with van der Waals surface area (Å²) in [4.78, 5) is 0. The minimum Gasteiger partial charge on any atom is -0.388 e. The maximum absolute atomic E-state index is 13.4. The molecule has 1 aliphatic rings. The van der Waals surface area contributed by atoms with Crippen LogP contribution in [0.1, 0.15) is 25.0 Å². The van der Waals surface area contributed by atoms with Gasteiger partial charge in [-0.25, -0.2) is 4.39 Å². The van der Waals surface area contributed by atoms with Crippen molar-refractivity contribution in [3.05, 3.63) is 34.6 Å². The second-order valence-electron chi connectivity index (χ2n) is 3.96. The second-order valence-corrected chi connectivity index (χ2v) is 4.36. The van der Waals surface area contributed by atoms with Crippen molar-refractivity contribution in [3.8, 4) is 0 Å². The van der Waals surface area contributed by atoms with Crippen molar-refractivity contribution < 1.29 is 9.50 Å². The highest BCUT2D eigenvalue weighted by Crippen LogP contribution is 2.48. The summed E-state index contributed by atoms with van der Waals surface area (Å²) in [6, 6.07) is 4.48. The first kappa shape index (κ1) is 9.94. The predicted molar refractivity (Wildman–Crippen MR) is 53.6 cm³/mol. The van der Waals surface area contributed by atoms with Crippen molar-refractivity contribution in [1.29, 1.82) is 0 Å². The van der Waals surface area contributed by atoms with Gasteiger partial charge in [-0.3, -0.25) is 0 Å². The van der Waals surface area contributed by atoms with Gasteiger partial charge in [-0.05, 0) is 30.4 Å². The molecule has 1 saturated carbocycles. The van der Waals surface area contributed by atoms with Crippen LogP contribution in [-0.4, -0.2) is 5.11 Å². The molecular formula is C11H12ClFO. The van der Waals surface area contributed by atoms with Crippen LogP contribution in [0.25, 0.3) is 0 Å². The summed E-state index contributed by atoms with van der Waals surface area (Å²) < 4.78 is 13.4. The molecule has 1 fully saturated rings. The van der Waals surface area contributed by atoms with Crippen LogP contribution in [0, 0.1) is 17.7 Å². The van der Waals surface area contributed by atoms with E-state index >= 15 is 0 Å². The van der Waals surface area contributed by atoms with Crippen LogP contribution < -0.4 is 0 Å². The molecule has 0 saturated heterocycles. The van der Waals surface area contributed by atoms with Crippen LogP contribution in [0.4, 0.5) is 4.39 Å². The lowest BCUT2D eigenvalue weighted by molar-refractivity contribution is 0.144. The Morgan fingerprint density at radius 1 is 1.57 bits per heavy atom. The zero-order valence-electron chi connectivity index (χ0n) is 7.87. The quantitative estimate of drug-likeness (QED) is 0.802. The molecule has 1 aromatic carbocycles. The lowest BCUT2D eigenvalue weighted by atomic mass is 10.0. The summed E-state index contributed by atoms with van der Waals surface area (Å²) in [6.07, 6.45) is 0.199. The number of hydrogen-bond donors (Lipinski definition) is 1. The van der Waals surface area contributed by atoms with Crippen molar-refractivity contribution >= 4 is 11.6 Å². The number of aliphatic hydroxyl groups excluding tert-OH is 1. The van der Waals surface area contributed by atoms with E-state index in [0.717, 1.165) is 6.42 Å². The number of rotatable bonds is 2. The molecule has 3 atom stereocenters. The van der Waals surface area contributed by atoms with Crippen LogP contribution >= 0.6 is 11.6 Å². The fourth-order valence-corrected chi connectivity index (χ4v) is 2.07. The van der Waals surface area contributed by atoms with Gasteiger partial charge in [0.05, 0.1) is 6.10 Å². The molecule has 0 aromatic heterocycles. The molecule has 1 aromatic rings. The van der Waals surface area contributed by atoms with E-state index in [2.05, 4.69) is 0 Å². The van der Waals surface area contributed by atoms with Gasteiger partial charge in [-0.1, -0.05) is 24.6 Å². The van der Waals surface area contributed by atoms with Gasteiger partial charge in [0.15, 0.2) is 0 Å². The first-order valence-electron chi connectivity index (χ1n) is 4.73. The molecule has 0 heterocycles. The van der Waals surface area contributed by atoms with E-state index < -0.39 is 11.9 Å². The van der Waals surface area contributed by atoms with E-state index in [1.165, 1.54) is 6.07 Å². The number of benzene rings is 1. The fraction of sp³-hybridized carbons (Fsp3) is 0.455. The third-order valence-corrected chi connectivity index (χ3v) is 3.20. The lowest BCUT2D eigenvalue weighted by Crippen LogP contribution is -2.04. The third-order valence-electron chi connectivity index (χ3n) is 2.87. The molecular weight excluding hydrogens is 203 g/mol. The SMILES string of the molecule is CC1CC1C(O)c1c(F)cccc1Cl. The summed E-state index contributed by atoms with van der Waals surface area (Å²) in [5.74, 6) is 0.231. The molecule has 1 nitrogen and oxygen atoms in total. The summed E-state index contributed by atoms with van der Waals surface area (Å²) in [5, 5.41) is 10.2. The number of aliphatic hydroxyl groups is 1. The van der Waals surface area contributed by atoms with Crippen LogP contribution in [0.2, 0.25) is 5.02 Å². The Balaban J connectivity index is 2.31. The Bertz CT molecular complexity index is 333. The molecule has 76 valence electrons. The van der Waals surface area contributed by atoms with Gasteiger partial charge in [0.2, 0.25) is 0 Å². The first-order chi connectivity index (χ1) is 6.61. The molecule has 2 rings (SSSR count). The predicted octanol–water partition coefficient (Wildman–Crippen LogP) is 3.17. The molecule has 0 bridgehead atoms. The second kappa shape index (κ2) is 3.52. The molecule has 3 heteroatoms. The molecule has 1 N–H and O–H groups in total. The lowest BCUT2D eigenvalue weighted by Gasteiger charge is -2.12. The topological polar surface area (TPSA) is 20.2 Å². The zero-order chi connectivity index (χ0) is 10.3. The van der Waals surface area contributed by atoms with Crippen LogP contribution in [0.3, 0.4) is 0 Å². The van der Waals surface area contributed by atoms with E-state index in [9.17, 15) is 9.50 Å². The van der Waals surface area contributed by atoms with Crippen molar-refractivity contribution in [1.82, 2.24) is 0 Å². The Morgan fingerprint density at radius 2 is 2.21 bits per heavy atom. The van der Waals surface area contributed by atoms with Gasteiger partial charge in [0.1, 0.15) is 5.82 Å². The van der Waals surface area contributed by atoms with Gasteiger partial charge in [0, 0.05) is 10.6 Å². The highest BCUT2D eigenvalue weighted by atomic mass is 35.5. The highest BCUT2D eigenvalue weighted by molar-refractivity contribution is 6.31. The monoisotopic (exact) mass is 214 g/mol. The van der Waals surface area contributed by atoms with E-state index in [1.807, 2.05) is 6.92 Å². The van der Waals surface area contributed by atoms with Crippen LogP contribution in [-0.2, 0) is 0 Å². The molecule has 0 radical (unpaired) electrons.